The Morgan fingerprint density at radius 1 is 1.28 bits per heavy atom. The lowest BCUT2D eigenvalue weighted by Gasteiger charge is -2.04. The van der Waals surface area contributed by atoms with Crippen LogP contribution < -0.4 is 0 Å². The molecule has 1 aromatic heterocycles. The summed E-state index contributed by atoms with van der Waals surface area (Å²) in [5.74, 6) is 0.0289. The lowest BCUT2D eigenvalue weighted by Crippen LogP contribution is -2.04. The molecule has 0 aliphatic rings. The van der Waals surface area contributed by atoms with E-state index >= 15 is 0 Å². The number of halogens is 3. The molecule has 0 radical (unpaired) electrons. The van der Waals surface area contributed by atoms with Crippen molar-refractivity contribution in [1.29, 1.82) is 0 Å². The van der Waals surface area contributed by atoms with Gasteiger partial charge >= 0.3 is 0 Å². The van der Waals surface area contributed by atoms with Crippen molar-refractivity contribution in [3.8, 4) is 0 Å². The van der Waals surface area contributed by atoms with Gasteiger partial charge in [0.1, 0.15) is 17.3 Å². The summed E-state index contributed by atoms with van der Waals surface area (Å²) in [5.41, 5.74) is 0.289. The Morgan fingerprint density at radius 3 is 2.50 bits per heavy atom. The Kier molecular flexibility index (Phi) is 3.59. The minimum Gasteiger partial charge on any atom is -0.466 e. The molecule has 0 atom stereocenters. The van der Waals surface area contributed by atoms with E-state index in [1.807, 2.05) is 0 Å². The third-order valence-electron chi connectivity index (χ3n) is 2.54. The zero-order valence-corrected chi connectivity index (χ0v) is 12.0. The highest BCUT2D eigenvalue weighted by molar-refractivity contribution is 9.10. The zero-order valence-electron chi connectivity index (χ0n) is 9.68. The third kappa shape index (κ3) is 2.35. The maximum Gasteiger partial charge on any atom is 0.199 e. The molecular weight excluding hydrogens is 322 g/mol. The van der Waals surface area contributed by atoms with E-state index in [1.165, 1.54) is 12.1 Å². The molecule has 2 rings (SSSR count). The number of ketones is 1. The fourth-order valence-electron chi connectivity index (χ4n) is 1.70. The molecule has 0 saturated carbocycles. The topological polar surface area (TPSA) is 30.2 Å². The highest BCUT2D eigenvalue weighted by atomic mass is 79.9. The van der Waals surface area contributed by atoms with Gasteiger partial charge in [0.05, 0.1) is 16.1 Å². The highest BCUT2D eigenvalue weighted by Crippen LogP contribution is 2.28. The molecule has 0 saturated heterocycles. The molecule has 0 spiro atoms. The van der Waals surface area contributed by atoms with Crippen LogP contribution in [0.15, 0.2) is 27.1 Å². The second kappa shape index (κ2) is 4.86. The smallest absolute Gasteiger partial charge is 0.199 e. The van der Waals surface area contributed by atoms with E-state index in [4.69, 9.17) is 16.0 Å². The molecule has 94 valence electrons. The first-order valence-electron chi connectivity index (χ1n) is 5.16. The van der Waals surface area contributed by atoms with Crippen LogP contribution in [-0.2, 0) is 0 Å². The van der Waals surface area contributed by atoms with Gasteiger partial charge in [-0.25, -0.2) is 4.39 Å². The molecule has 2 nitrogen and oxygen atoms in total. The van der Waals surface area contributed by atoms with Gasteiger partial charge in [0.25, 0.3) is 0 Å². The number of aryl methyl sites for hydroxylation is 2. The molecule has 1 aromatic carbocycles. The first-order chi connectivity index (χ1) is 8.40. The van der Waals surface area contributed by atoms with E-state index in [0.717, 1.165) is 0 Å². The predicted molar refractivity (Wildman–Crippen MR) is 70.7 cm³/mol. The molecule has 0 bridgehead atoms. The maximum absolute atomic E-state index is 13.8. The molecule has 5 heteroatoms. The number of carbonyl (C=O) groups is 1. The minimum atomic E-state index is -0.616. The van der Waals surface area contributed by atoms with E-state index in [9.17, 15) is 9.18 Å². The largest absolute Gasteiger partial charge is 0.466 e. The summed E-state index contributed by atoms with van der Waals surface area (Å²) in [5, 5.41) is 0.289. The molecule has 0 aliphatic carbocycles. The van der Waals surface area contributed by atoms with Crippen LogP contribution in [0.25, 0.3) is 0 Å². The van der Waals surface area contributed by atoms with Gasteiger partial charge in [-0.3, -0.25) is 4.79 Å². The standard InChI is InChI=1S/C13H9BrClFO2/c1-6-3-8(7(2)18-6)13(17)9-4-11(15)10(14)5-12(9)16/h3-5H,1-2H3. The molecule has 0 unspecified atom stereocenters. The third-order valence-corrected chi connectivity index (χ3v) is 3.74. The highest BCUT2D eigenvalue weighted by Gasteiger charge is 2.20. The van der Waals surface area contributed by atoms with Crippen molar-refractivity contribution in [2.45, 2.75) is 13.8 Å². The molecule has 18 heavy (non-hydrogen) atoms. The lowest BCUT2D eigenvalue weighted by atomic mass is 10.0. The van der Waals surface area contributed by atoms with Crippen LogP contribution in [0.3, 0.4) is 0 Å². The Bertz CT molecular complexity index is 634. The van der Waals surface area contributed by atoms with Crippen molar-refractivity contribution in [2.24, 2.45) is 0 Å². The van der Waals surface area contributed by atoms with E-state index in [1.54, 1.807) is 19.9 Å². The second-order valence-corrected chi connectivity index (χ2v) is 5.16. The fourth-order valence-corrected chi connectivity index (χ4v) is 2.18. The average Bonchev–Trinajstić information content (AvgIpc) is 2.62. The van der Waals surface area contributed by atoms with Gasteiger partial charge in [0.2, 0.25) is 0 Å². The van der Waals surface area contributed by atoms with Crippen LogP contribution in [0, 0.1) is 19.7 Å². The van der Waals surface area contributed by atoms with Crippen LogP contribution in [0.2, 0.25) is 5.02 Å². The Hall–Kier alpha value is -1.13. The summed E-state index contributed by atoms with van der Waals surface area (Å²) in [6.45, 7) is 3.40. The van der Waals surface area contributed by atoms with Gasteiger partial charge < -0.3 is 4.42 Å². The number of carbonyl (C=O) groups excluding carboxylic acids is 1. The Balaban J connectivity index is 2.53. The zero-order chi connectivity index (χ0) is 13.4. The number of hydrogen-bond donors (Lipinski definition) is 0. The van der Waals surface area contributed by atoms with Crippen LogP contribution >= 0.6 is 27.5 Å². The second-order valence-electron chi connectivity index (χ2n) is 3.90. The SMILES string of the molecule is Cc1cc(C(=O)c2cc(Cl)c(Br)cc2F)c(C)o1. The monoisotopic (exact) mass is 330 g/mol. The molecule has 0 amide bonds. The quantitative estimate of drug-likeness (QED) is 0.590. The first-order valence-corrected chi connectivity index (χ1v) is 6.33. The summed E-state index contributed by atoms with van der Waals surface area (Å²) < 4.78 is 19.4. The maximum atomic E-state index is 13.8. The van der Waals surface area contributed by atoms with Crippen molar-refractivity contribution in [2.75, 3.05) is 0 Å². The number of benzene rings is 1. The van der Waals surface area contributed by atoms with Crippen molar-refractivity contribution < 1.29 is 13.6 Å². The van der Waals surface area contributed by atoms with E-state index in [-0.39, 0.29) is 10.6 Å². The van der Waals surface area contributed by atoms with E-state index in [0.29, 0.717) is 21.6 Å². The molecule has 1 heterocycles. The number of furan rings is 1. The van der Waals surface area contributed by atoms with Crippen LogP contribution in [0.5, 0.6) is 0 Å². The van der Waals surface area contributed by atoms with Crippen molar-refractivity contribution in [1.82, 2.24) is 0 Å². The van der Waals surface area contributed by atoms with Gasteiger partial charge in [-0.05, 0) is 48.0 Å². The summed E-state index contributed by atoms with van der Waals surface area (Å²) in [6, 6.07) is 4.08. The van der Waals surface area contributed by atoms with Gasteiger partial charge in [-0.15, -0.1) is 0 Å². The van der Waals surface area contributed by atoms with E-state index in [2.05, 4.69) is 15.9 Å². The van der Waals surface area contributed by atoms with Crippen LogP contribution in [0.4, 0.5) is 4.39 Å². The molecule has 2 aromatic rings. The molecule has 0 fully saturated rings. The van der Waals surface area contributed by atoms with Gasteiger partial charge in [0.15, 0.2) is 5.78 Å². The first kappa shape index (κ1) is 13.3. The summed E-state index contributed by atoms with van der Waals surface area (Å²) >= 11 is 8.98. The number of hydrogen-bond acceptors (Lipinski definition) is 2. The lowest BCUT2D eigenvalue weighted by molar-refractivity contribution is 0.103. The van der Waals surface area contributed by atoms with Crippen LogP contribution in [-0.4, -0.2) is 5.78 Å². The Morgan fingerprint density at radius 2 is 1.94 bits per heavy atom. The van der Waals surface area contributed by atoms with Gasteiger partial charge in [-0.1, -0.05) is 11.6 Å². The summed E-state index contributed by atoms with van der Waals surface area (Å²) in [6.07, 6.45) is 0. The number of rotatable bonds is 2. The molecule has 0 aliphatic heterocycles. The predicted octanol–water partition coefficient (Wildman–Crippen LogP) is 4.68. The van der Waals surface area contributed by atoms with Crippen molar-refractivity contribution in [3.63, 3.8) is 0 Å². The van der Waals surface area contributed by atoms with Crippen molar-refractivity contribution in [3.05, 3.63) is 56.2 Å². The summed E-state index contributed by atoms with van der Waals surface area (Å²) in [4.78, 5) is 12.2. The Labute approximate surface area is 117 Å². The van der Waals surface area contributed by atoms with Crippen LogP contribution in [0.1, 0.15) is 27.4 Å². The van der Waals surface area contributed by atoms with E-state index < -0.39 is 11.6 Å². The van der Waals surface area contributed by atoms with Gasteiger partial charge in [-0.2, -0.15) is 0 Å². The normalized spacial score (nSPS) is 10.7. The minimum absolute atomic E-state index is 0.0629. The molecular formula is C13H9BrClFO2. The summed E-state index contributed by atoms with van der Waals surface area (Å²) in [7, 11) is 0. The average molecular weight is 332 g/mol. The molecule has 0 N–H and O–H groups in total. The van der Waals surface area contributed by atoms with Gasteiger partial charge in [0, 0.05) is 4.47 Å². The van der Waals surface area contributed by atoms with Crippen molar-refractivity contribution >= 4 is 33.3 Å². The fraction of sp³-hybridized carbons (Fsp3) is 0.154.